The molecule has 1 N–H and O–H groups in total. The fraction of sp³-hybridized carbons (Fsp3) is 0.129. The molecular weight excluding hydrogens is 400 g/mol. The highest BCUT2D eigenvalue weighted by molar-refractivity contribution is 6.10. The van der Waals surface area contributed by atoms with Crippen LogP contribution in [0, 0.1) is 0 Å². The monoisotopic (exact) mass is 424 g/mol. The number of benzene rings is 5. The number of anilines is 2. The Balaban J connectivity index is 1.37. The molecule has 0 radical (unpaired) electrons. The summed E-state index contributed by atoms with van der Waals surface area (Å²) in [5, 5.41) is 11.4. The van der Waals surface area contributed by atoms with Crippen molar-refractivity contribution in [2.24, 2.45) is 0 Å². The Bertz CT molecular complexity index is 1700. The zero-order chi connectivity index (χ0) is 21.8. The molecule has 0 unspecified atom stereocenters. The molecule has 0 spiro atoms. The van der Waals surface area contributed by atoms with Crippen LogP contribution in [-0.2, 0) is 12.8 Å². The molecule has 0 saturated heterocycles. The molecule has 0 amide bonds. The van der Waals surface area contributed by atoms with Gasteiger partial charge in [0.2, 0.25) is 0 Å². The SMILES string of the molecule is c1ccc2nc3c(Nc4ccc5ccc6c7c(ccc6c5c4)CCCC7)cccc3cc2c1. The van der Waals surface area contributed by atoms with Crippen molar-refractivity contribution in [3.8, 4) is 0 Å². The number of aryl methyl sites for hydroxylation is 2. The average molecular weight is 425 g/mol. The van der Waals surface area contributed by atoms with E-state index < -0.39 is 0 Å². The predicted molar refractivity (Wildman–Crippen MR) is 141 cm³/mol. The van der Waals surface area contributed by atoms with Gasteiger partial charge in [0.05, 0.1) is 16.7 Å². The van der Waals surface area contributed by atoms with Crippen molar-refractivity contribution in [1.29, 1.82) is 0 Å². The average Bonchev–Trinajstić information content (AvgIpc) is 2.87. The highest BCUT2D eigenvalue weighted by Crippen LogP contribution is 2.35. The summed E-state index contributed by atoms with van der Waals surface area (Å²) in [5.41, 5.74) is 7.25. The highest BCUT2D eigenvalue weighted by atomic mass is 14.9. The van der Waals surface area contributed by atoms with E-state index >= 15 is 0 Å². The fourth-order valence-corrected chi connectivity index (χ4v) is 5.53. The molecule has 2 heteroatoms. The lowest BCUT2D eigenvalue weighted by Crippen LogP contribution is -2.03. The summed E-state index contributed by atoms with van der Waals surface area (Å²) in [6.07, 6.45) is 5.03. The summed E-state index contributed by atoms with van der Waals surface area (Å²) < 4.78 is 0. The van der Waals surface area contributed by atoms with Crippen molar-refractivity contribution in [3.05, 3.63) is 102 Å². The maximum atomic E-state index is 4.97. The van der Waals surface area contributed by atoms with Crippen LogP contribution in [-0.4, -0.2) is 4.98 Å². The zero-order valence-corrected chi connectivity index (χ0v) is 18.4. The van der Waals surface area contributed by atoms with Crippen LogP contribution in [0.1, 0.15) is 24.0 Å². The van der Waals surface area contributed by atoms with E-state index in [1.807, 2.05) is 6.07 Å². The Morgan fingerprint density at radius 3 is 2.45 bits per heavy atom. The Morgan fingerprint density at radius 1 is 0.606 bits per heavy atom. The van der Waals surface area contributed by atoms with Crippen LogP contribution in [0.15, 0.2) is 91.0 Å². The Kier molecular flexibility index (Phi) is 4.13. The van der Waals surface area contributed by atoms with E-state index in [9.17, 15) is 0 Å². The van der Waals surface area contributed by atoms with E-state index in [0.717, 1.165) is 27.8 Å². The molecule has 1 aromatic heterocycles. The number of para-hydroxylation sites is 2. The van der Waals surface area contributed by atoms with Gasteiger partial charge in [-0.3, -0.25) is 0 Å². The molecule has 0 fully saturated rings. The van der Waals surface area contributed by atoms with E-state index in [2.05, 4.69) is 90.2 Å². The van der Waals surface area contributed by atoms with E-state index in [-0.39, 0.29) is 0 Å². The zero-order valence-electron chi connectivity index (χ0n) is 18.4. The standard InChI is InChI=1S/C31H24N2/c1-3-9-25-20(6-1)13-17-27-26(25)16-14-21-12-15-24(19-28(21)27)32-30-11-5-8-23-18-22-7-2-4-10-29(22)33-31(23)30/h2,4-5,7-8,10-19,32H,1,3,6,9H2. The van der Waals surface area contributed by atoms with Crippen LogP contribution in [0.4, 0.5) is 11.4 Å². The smallest absolute Gasteiger partial charge is 0.0944 e. The molecule has 0 atom stereocenters. The van der Waals surface area contributed by atoms with Crippen LogP contribution in [0.3, 0.4) is 0 Å². The molecule has 1 aliphatic rings. The second kappa shape index (κ2) is 7.31. The van der Waals surface area contributed by atoms with E-state index in [0.29, 0.717) is 0 Å². The summed E-state index contributed by atoms with van der Waals surface area (Å²) in [6, 6.07) is 32.9. The third kappa shape index (κ3) is 3.06. The summed E-state index contributed by atoms with van der Waals surface area (Å²) >= 11 is 0. The maximum Gasteiger partial charge on any atom is 0.0944 e. The number of fused-ring (bicyclic) bond motifs is 7. The van der Waals surface area contributed by atoms with Gasteiger partial charge in [0.1, 0.15) is 0 Å². The minimum absolute atomic E-state index is 1.00. The van der Waals surface area contributed by atoms with Crippen molar-refractivity contribution in [2.45, 2.75) is 25.7 Å². The molecular formula is C31H24N2. The Morgan fingerprint density at radius 2 is 1.45 bits per heavy atom. The molecule has 1 heterocycles. The van der Waals surface area contributed by atoms with Crippen molar-refractivity contribution < 1.29 is 0 Å². The van der Waals surface area contributed by atoms with E-state index in [4.69, 9.17) is 4.98 Å². The van der Waals surface area contributed by atoms with E-state index in [1.54, 1.807) is 5.56 Å². The van der Waals surface area contributed by atoms with Gasteiger partial charge in [-0.25, -0.2) is 4.98 Å². The topological polar surface area (TPSA) is 24.9 Å². The fourth-order valence-electron chi connectivity index (χ4n) is 5.53. The van der Waals surface area contributed by atoms with Crippen LogP contribution in [0.5, 0.6) is 0 Å². The number of rotatable bonds is 2. The molecule has 158 valence electrons. The Labute approximate surface area is 192 Å². The molecule has 33 heavy (non-hydrogen) atoms. The number of pyridine rings is 1. The van der Waals surface area contributed by atoms with Crippen LogP contribution < -0.4 is 5.32 Å². The molecule has 2 nitrogen and oxygen atoms in total. The first-order chi connectivity index (χ1) is 16.3. The highest BCUT2D eigenvalue weighted by Gasteiger charge is 2.14. The third-order valence-electron chi connectivity index (χ3n) is 7.18. The second-order valence-electron chi connectivity index (χ2n) is 9.19. The predicted octanol–water partition coefficient (Wildman–Crippen LogP) is 8.32. The van der Waals surface area contributed by atoms with Gasteiger partial charge in [0.15, 0.2) is 0 Å². The van der Waals surface area contributed by atoms with Gasteiger partial charge in [-0.15, -0.1) is 0 Å². The first kappa shape index (κ1) is 18.6. The van der Waals surface area contributed by atoms with Crippen molar-refractivity contribution in [2.75, 3.05) is 5.32 Å². The minimum Gasteiger partial charge on any atom is -0.354 e. The lowest BCUT2D eigenvalue weighted by molar-refractivity contribution is 0.690. The minimum atomic E-state index is 1.00. The lowest BCUT2D eigenvalue weighted by atomic mass is 9.86. The van der Waals surface area contributed by atoms with Gasteiger partial charge in [-0.1, -0.05) is 60.7 Å². The van der Waals surface area contributed by atoms with Gasteiger partial charge in [-0.2, -0.15) is 0 Å². The van der Waals surface area contributed by atoms with Crippen molar-refractivity contribution in [3.63, 3.8) is 0 Å². The van der Waals surface area contributed by atoms with Gasteiger partial charge in [0, 0.05) is 16.5 Å². The normalized spacial score (nSPS) is 13.6. The maximum absolute atomic E-state index is 4.97. The number of nitrogens with zero attached hydrogens (tertiary/aromatic N) is 1. The van der Waals surface area contributed by atoms with Crippen LogP contribution in [0.2, 0.25) is 0 Å². The number of hydrogen-bond donors (Lipinski definition) is 1. The first-order valence-electron chi connectivity index (χ1n) is 11.9. The van der Waals surface area contributed by atoms with Crippen LogP contribution in [0.25, 0.3) is 43.4 Å². The summed E-state index contributed by atoms with van der Waals surface area (Å²) in [7, 11) is 0. The third-order valence-corrected chi connectivity index (χ3v) is 7.18. The number of hydrogen-bond acceptors (Lipinski definition) is 2. The van der Waals surface area contributed by atoms with E-state index in [1.165, 1.54) is 58.2 Å². The molecule has 7 rings (SSSR count). The van der Waals surface area contributed by atoms with Gasteiger partial charge >= 0.3 is 0 Å². The molecule has 5 aromatic carbocycles. The van der Waals surface area contributed by atoms with Crippen molar-refractivity contribution >= 4 is 54.7 Å². The molecule has 0 aliphatic heterocycles. The molecule has 0 saturated carbocycles. The largest absolute Gasteiger partial charge is 0.354 e. The van der Waals surface area contributed by atoms with Gasteiger partial charge in [-0.05, 0) is 88.7 Å². The first-order valence-corrected chi connectivity index (χ1v) is 11.9. The molecule has 6 aromatic rings. The summed E-state index contributed by atoms with van der Waals surface area (Å²) in [4.78, 5) is 4.97. The van der Waals surface area contributed by atoms with Gasteiger partial charge < -0.3 is 5.32 Å². The summed E-state index contributed by atoms with van der Waals surface area (Å²) in [6.45, 7) is 0. The quantitative estimate of drug-likeness (QED) is 0.223. The lowest BCUT2D eigenvalue weighted by Gasteiger charge is -2.19. The van der Waals surface area contributed by atoms with Gasteiger partial charge in [0.25, 0.3) is 0 Å². The molecule has 1 aliphatic carbocycles. The summed E-state index contributed by atoms with van der Waals surface area (Å²) in [5.74, 6) is 0. The molecule has 0 bridgehead atoms. The Hall–Kier alpha value is -3.91. The number of aromatic nitrogens is 1. The van der Waals surface area contributed by atoms with Crippen LogP contribution >= 0.6 is 0 Å². The van der Waals surface area contributed by atoms with Crippen molar-refractivity contribution in [1.82, 2.24) is 4.98 Å². The number of nitrogens with one attached hydrogen (secondary N) is 1. The second-order valence-corrected chi connectivity index (χ2v) is 9.19.